The standard InChI is InChI=1S/C13H27N3/c1-15(9-10-16-7-2-3-8-16)12-13-5-4-6-14-11-13/h13-14H,2-12H2,1H3. The Bertz CT molecular complexity index is 184. The highest BCUT2D eigenvalue weighted by atomic mass is 15.2. The van der Waals surface area contributed by atoms with Crippen LogP contribution in [0.4, 0.5) is 0 Å². The third kappa shape index (κ3) is 4.04. The molecule has 0 aromatic heterocycles. The van der Waals surface area contributed by atoms with Crippen molar-refractivity contribution >= 4 is 0 Å². The Morgan fingerprint density at radius 1 is 1.25 bits per heavy atom. The van der Waals surface area contributed by atoms with E-state index >= 15 is 0 Å². The largest absolute Gasteiger partial charge is 0.316 e. The summed E-state index contributed by atoms with van der Waals surface area (Å²) >= 11 is 0. The van der Waals surface area contributed by atoms with Crippen molar-refractivity contribution in [2.45, 2.75) is 25.7 Å². The number of hydrogen-bond donors (Lipinski definition) is 1. The molecule has 0 spiro atoms. The first-order chi connectivity index (χ1) is 7.84. The Balaban J connectivity index is 1.57. The third-order valence-corrected chi connectivity index (χ3v) is 3.97. The van der Waals surface area contributed by atoms with Crippen molar-refractivity contribution in [3.8, 4) is 0 Å². The van der Waals surface area contributed by atoms with Gasteiger partial charge in [-0.3, -0.25) is 0 Å². The molecule has 0 amide bonds. The van der Waals surface area contributed by atoms with E-state index in [1.54, 1.807) is 0 Å². The summed E-state index contributed by atoms with van der Waals surface area (Å²) in [4.78, 5) is 5.13. The lowest BCUT2D eigenvalue weighted by Gasteiger charge is -2.28. The quantitative estimate of drug-likeness (QED) is 0.753. The van der Waals surface area contributed by atoms with Crippen LogP contribution in [0, 0.1) is 5.92 Å². The van der Waals surface area contributed by atoms with E-state index in [9.17, 15) is 0 Å². The molecule has 2 saturated heterocycles. The molecule has 0 bridgehead atoms. The monoisotopic (exact) mass is 225 g/mol. The van der Waals surface area contributed by atoms with E-state index in [-0.39, 0.29) is 0 Å². The van der Waals surface area contributed by atoms with Gasteiger partial charge in [0.1, 0.15) is 0 Å². The van der Waals surface area contributed by atoms with Crippen LogP contribution in [0.2, 0.25) is 0 Å². The summed E-state index contributed by atoms with van der Waals surface area (Å²) in [6.07, 6.45) is 5.61. The maximum Gasteiger partial charge on any atom is 0.0109 e. The molecule has 1 N–H and O–H groups in total. The number of nitrogens with one attached hydrogen (secondary N) is 1. The van der Waals surface area contributed by atoms with Crippen molar-refractivity contribution in [2.24, 2.45) is 5.92 Å². The molecule has 0 aromatic rings. The number of likely N-dealkylation sites (tertiary alicyclic amines) is 1. The molecule has 1 atom stereocenters. The highest BCUT2D eigenvalue weighted by molar-refractivity contribution is 4.73. The predicted octanol–water partition coefficient (Wildman–Crippen LogP) is 1.01. The average Bonchev–Trinajstić information content (AvgIpc) is 2.81. The second-order valence-corrected chi connectivity index (χ2v) is 5.52. The summed E-state index contributed by atoms with van der Waals surface area (Å²) in [5, 5.41) is 3.50. The zero-order valence-electron chi connectivity index (χ0n) is 10.7. The first-order valence-electron chi connectivity index (χ1n) is 6.96. The fourth-order valence-electron chi connectivity index (χ4n) is 2.93. The molecule has 3 nitrogen and oxygen atoms in total. The Morgan fingerprint density at radius 2 is 2.06 bits per heavy atom. The van der Waals surface area contributed by atoms with Crippen LogP contribution in [0.3, 0.4) is 0 Å². The minimum absolute atomic E-state index is 0.886. The Hall–Kier alpha value is -0.120. The van der Waals surface area contributed by atoms with Gasteiger partial charge in [0.25, 0.3) is 0 Å². The molecular formula is C13H27N3. The third-order valence-electron chi connectivity index (χ3n) is 3.97. The topological polar surface area (TPSA) is 18.5 Å². The molecule has 3 heteroatoms. The Labute approximate surface area is 100 Å². The number of likely N-dealkylation sites (N-methyl/N-ethyl adjacent to an activating group) is 1. The van der Waals surface area contributed by atoms with E-state index in [0.717, 1.165) is 5.92 Å². The van der Waals surface area contributed by atoms with E-state index in [1.165, 1.54) is 71.5 Å². The summed E-state index contributed by atoms with van der Waals surface area (Å²) in [5.41, 5.74) is 0. The summed E-state index contributed by atoms with van der Waals surface area (Å²) in [7, 11) is 2.28. The molecular weight excluding hydrogens is 198 g/mol. The van der Waals surface area contributed by atoms with Crippen LogP contribution in [-0.4, -0.2) is 62.7 Å². The minimum atomic E-state index is 0.886. The van der Waals surface area contributed by atoms with Gasteiger partial charge in [-0.05, 0) is 64.8 Å². The first kappa shape index (κ1) is 12.3. The van der Waals surface area contributed by atoms with E-state index in [1.807, 2.05) is 0 Å². The summed E-state index contributed by atoms with van der Waals surface area (Å²) in [6, 6.07) is 0. The SMILES string of the molecule is CN(CCN1CCCC1)CC1CCCNC1. The normalized spacial score (nSPS) is 27.8. The van der Waals surface area contributed by atoms with E-state index < -0.39 is 0 Å². The molecule has 0 aromatic carbocycles. The van der Waals surface area contributed by atoms with Gasteiger partial charge in [0.15, 0.2) is 0 Å². The molecule has 0 radical (unpaired) electrons. The molecule has 0 saturated carbocycles. The molecule has 94 valence electrons. The second kappa shape index (κ2) is 6.58. The van der Waals surface area contributed by atoms with Crippen molar-refractivity contribution in [3.63, 3.8) is 0 Å². The second-order valence-electron chi connectivity index (χ2n) is 5.52. The van der Waals surface area contributed by atoms with E-state index in [2.05, 4.69) is 22.2 Å². The molecule has 16 heavy (non-hydrogen) atoms. The maximum atomic E-state index is 3.50. The summed E-state index contributed by atoms with van der Waals surface area (Å²) in [6.45, 7) is 8.92. The molecule has 2 heterocycles. The number of nitrogens with zero attached hydrogens (tertiary/aromatic N) is 2. The lowest BCUT2D eigenvalue weighted by Crippen LogP contribution is -2.39. The van der Waals surface area contributed by atoms with Crippen LogP contribution in [0.25, 0.3) is 0 Å². The van der Waals surface area contributed by atoms with Gasteiger partial charge in [0.05, 0.1) is 0 Å². The molecule has 2 rings (SSSR count). The molecule has 2 aliphatic heterocycles. The fraction of sp³-hybridized carbons (Fsp3) is 1.00. The van der Waals surface area contributed by atoms with Gasteiger partial charge in [-0.25, -0.2) is 0 Å². The van der Waals surface area contributed by atoms with E-state index in [4.69, 9.17) is 0 Å². The first-order valence-corrected chi connectivity index (χ1v) is 6.96. The highest BCUT2D eigenvalue weighted by Crippen LogP contribution is 2.11. The number of piperidine rings is 1. The van der Waals surface area contributed by atoms with Gasteiger partial charge in [0, 0.05) is 19.6 Å². The summed E-state index contributed by atoms with van der Waals surface area (Å²) in [5.74, 6) is 0.886. The van der Waals surface area contributed by atoms with Crippen LogP contribution in [-0.2, 0) is 0 Å². The van der Waals surface area contributed by atoms with Crippen LogP contribution < -0.4 is 5.32 Å². The average molecular weight is 225 g/mol. The van der Waals surface area contributed by atoms with Crippen LogP contribution >= 0.6 is 0 Å². The smallest absolute Gasteiger partial charge is 0.0109 e. The van der Waals surface area contributed by atoms with Gasteiger partial charge < -0.3 is 15.1 Å². The highest BCUT2D eigenvalue weighted by Gasteiger charge is 2.16. The van der Waals surface area contributed by atoms with Crippen molar-refractivity contribution in [1.82, 2.24) is 15.1 Å². The van der Waals surface area contributed by atoms with Gasteiger partial charge in [0.2, 0.25) is 0 Å². The van der Waals surface area contributed by atoms with Crippen molar-refractivity contribution in [3.05, 3.63) is 0 Å². The molecule has 2 aliphatic rings. The fourth-order valence-corrected chi connectivity index (χ4v) is 2.93. The number of hydrogen-bond acceptors (Lipinski definition) is 3. The Morgan fingerprint density at radius 3 is 2.75 bits per heavy atom. The minimum Gasteiger partial charge on any atom is -0.316 e. The van der Waals surface area contributed by atoms with Crippen molar-refractivity contribution in [2.75, 3.05) is 52.9 Å². The van der Waals surface area contributed by atoms with Gasteiger partial charge >= 0.3 is 0 Å². The van der Waals surface area contributed by atoms with Gasteiger partial charge in [-0.2, -0.15) is 0 Å². The lowest BCUT2D eigenvalue weighted by atomic mass is 9.99. The summed E-state index contributed by atoms with van der Waals surface area (Å²) < 4.78 is 0. The zero-order valence-corrected chi connectivity index (χ0v) is 10.7. The maximum absolute atomic E-state index is 3.50. The number of rotatable bonds is 5. The predicted molar refractivity (Wildman–Crippen MR) is 68.8 cm³/mol. The van der Waals surface area contributed by atoms with Crippen molar-refractivity contribution in [1.29, 1.82) is 0 Å². The molecule has 2 fully saturated rings. The molecule has 1 unspecified atom stereocenters. The Kier molecular flexibility index (Phi) is 5.07. The lowest BCUT2D eigenvalue weighted by molar-refractivity contribution is 0.213. The van der Waals surface area contributed by atoms with Crippen LogP contribution in [0.15, 0.2) is 0 Å². The van der Waals surface area contributed by atoms with Gasteiger partial charge in [-0.15, -0.1) is 0 Å². The van der Waals surface area contributed by atoms with Gasteiger partial charge in [-0.1, -0.05) is 0 Å². The van der Waals surface area contributed by atoms with Crippen molar-refractivity contribution < 1.29 is 0 Å². The molecule has 0 aliphatic carbocycles. The van der Waals surface area contributed by atoms with Crippen LogP contribution in [0.1, 0.15) is 25.7 Å². The van der Waals surface area contributed by atoms with Crippen LogP contribution in [0.5, 0.6) is 0 Å². The van der Waals surface area contributed by atoms with E-state index in [0.29, 0.717) is 0 Å². The zero-order chi connectivity index (χ0) is 11.2.